The Morgan fingerprint density at radius 2 is 1.33 bits per heavy atom. The van der Waals surface area contributed by atoms with E-state index in [1.807, 2.05) is 78.9 Å². The number of hydrogen-bond donors (Lipinski definition) is 3. The molecule has 120 valence electrons. The van der Waals surface area contributed by atoms with E-state index in [2.05, 4.69) is 23.3 Å². The first kappa shape index (κ1) is 16.5. The Morgan fingerprint density at radius 1 is 0.750 bits per heavy atom. The second-order valence-electron chi connectivity index (χ2n) is 5.01. The van der Waals surface area contributed by atoms with E-state index in [-0.39, 0.29) is 6.03 Å². The van der Waals surface area contributed by atoms with Gasteiger partial charge in [0.15, 0.2) is 0 Å². The average Bonchev–Trinajstić information content (AvgIpc) is 2.60. The molecule has 0 aromatic heterocycles. The molecular formula is C19H16N2OS2. The monoisotopic (exact) mass is 352 g/mol. The highest BCUT2D eigenvalue weighted by Crippen LogP contribution is 2.33. The highest BCUT2D eigenvalue weighted by molar-refractivity contribution is 7.99. The maximum atomic E-state index is 12.3. The summed E-state index contributed by atoms with van der Waals surface area (Å²) >= 11 is 5.95. The Hall–Kier alpha value is -2.37. The smallest absolute Gasteiger partial charge is 0.307 e. The third-order valence-electron chi connectivity index (χ3n) is 3.26. The van der Waals surface area contributed by atoms with Crippen molar-refractivity contribution in [3.8, 4) is 0 Å². The first-order valence-electron chi connectivity index (χ1n) is 7.40. The van der Waals surface area contributed by atoms with Gasteiger partial charge < -0.3 is 10.6 Å². The van der Waals surface area contributed by atoms with Crippen LogP contribution in [0.3, 0.4) is 0 Å². The number of urea groups is 1. The number of nitrogens with one attached hydrogen (secondary N) is 2. The normalized spacial score (nSPS) is 10.2. The van der Waals surface area contributed by atoms with Crippen LogP contribution in [0.15, 0.2) is 93.5 Å². The minimum atomic E-state index is -0.294. The van der Waals surface area contributed by atoms with Crippen LogP contribution in [-0.4, -0.2) is 6.03 Å². The van der Waals surface area contributed by atoms with Gasteiger partial charge in [-0.15, -0.1) is 12.6 Å². The number of para-hydroxylation sites is 2. The predicted molar refractivity (Wildman–Crippen MR) is 103 cm³/mol. The largest absolute Gasteiger partial charge is 0.323 e. The van der Waals surface area contributed by atoms with Crippen molar-refractivity contribution in [1.29, 1.82) is 0 Å². The highest BCUT2D eigenvalue weighted by atomic mass is 32.2. The average molecular weight is 352 g/mol. The molecule has 0 aliphatic rings. The van der Waals surface area contributed by atoms with Crippen LogP contribution in [0.5, 0.6) is 0 Å². The lowest BCUT2D eigenvalue weighted by Gasteiger charge is -2.12. The summed E-state index contributed by atoms with van der Waals surface area (Å²) in [6, 6.07) is 24.9. The molecule has 0 saturated carbocycles. The van der Waals surface area contributed by atoms with Gasteiger partial charge in [0.2, 0.25) is 0 Å². The standard InChI is InChI=1S/C19H16N2OS2/c22-19(20-15-10-4-6-12-17(15)23)21-16-11-5-7-13-18(16)24-14-8-2-1-3-9-14/h1-13,23H,(H2,20,21,22). The Morgan fingerprint density at radius 3 is 2.08 bits per heavy atom. The first-order chi connectivity index (χ1) is 11.7. The Labute approximate surface area is 150 Å². The zero-order chi connectivity index (χ0) is 16.8. The van der Waals surface area contributed by atoms with Crippen LogP contribution in [0.2, 0.25) is 0 Å². The van der Waals surface area contributed by atoms with Crippen LogP contribution in [-0.2, 0) is 0 Å². The Bertz CT molecular complexity index is 838. The number of hydrogen-bond acceptors (Lipinski definition) is 3. The van der Waals surface area contributed by atoms with Crippen LogP contribution in [0.1, 0.15) is 0 Å². The van der Waals surface area contributed by atoms with Crippen molar-refractivity contribution in [1.82, 2.24) is 0 Å². The summed E-state index contributed by atoms with van der Waals surface area (Å²) in [5.41, 5.74) is 1.44. The van der Waals surface area contributed by atoms with Crippen molar-refractivity contribution < 1.29 is 4.79 Å². The topological polar surface area (TPSA) is 41.1 Å². The van der Waals surface area contributed by atoms with E-state index in [0.717, 1.165) is 20.4 Å². The molecule has 0 spiro atoms. The zero-order valence-electron chi connectivity index (χ0n) is 12.8. The van der Waals surface area contributed by atoms with Crippen molar-refractivity contribution >= 4 is 41.8 Å². The van der Waals surface area contributed by atoms with Gasteiger partial charge in [0.25, 0.3) is 0 Å². The van der Waals surface area contributed by atoms with E-state index < -0.39 is 0 Å². The van der Waals surface area contributed by atoms with E-state index in [0.29, 0.717) is 5.69 Å². The third kappa shape index (κ3) is 4.34. The number of rotatable bonds is 4. The fourth-order valence-corrected chi connectivity index (χ4v) is 3.27. The molecule has 2 amide bonds. The molecule has 0 saturated heterocycles. The van der Waals surface area contributed by atoms with Gasteiger partial charge in [-0.25, -0.2) is 4.79 Å². The molecule has 0 atom stereocenters. The van der Waals surface area contributed by atoms with Crippen LogP contribution in [0, 0.1) is 0 Å². The molecule has 2 N–H and O–H groups in total. The molecule has 24 heavy (non-hydrogen) atoms. The maximum Gasteiger partial charge on any atom is 0.323 e. The van der Waals surface area contributed by atoms with E-state index in [1.165, 1.54) is 0 Å². The van der Waals surface area contributed by atoms with Crippen LogP contribution in [0.25, 0.3) is 0 Å². The zero-order valence-corrected chi connectivity index (χ0v) is 14.5. The molecule has 0 bridgehead atoms. The summed E-state index contributed by atoms with van der Waals surface area (Å²) in [5, 5.41) is 5.72. The van der Waals surface area contributed by atoms with Crippen LogP contribution < -0.4 is 10.6 Å². The molecule has 5 heteroatoms. The van der Waals surface area contributed by atoms with Gasteiger partial charge >= 0.3 is 6.03 Å². The lowest BCUT2D eigenvalue weighted by Crippen LogP contribution is -2.20. The second kappa shape index (κ2) is 7.95. The number of carbonyl (C=O) groups is 1. The molecule has 3 rings (SSSR count). The number of thiol groups is 1. The summed E-state index contributed by atoms with van der Waals surface area (Å²) < 4.78 is 0. The van der Waals surface area contributed by atoms with Crippen LogP contribution >= 0.6 is 24.4 Å². The van der Waals surface area contributed by atoms with Gasteiger partial charge in [-0.05, 0) is 36.4 Å². The summed E-state index contributed by atoms with van der Waals surface area (Å²) in [7, 11) is 0. The molecule has 0 heterocycles. The lowest BCUT2D eigenvalue weighted by molar-refractivity contribution is 0.262. The van der Waals surface area contributed by atoms with E-state index in [1.54, 1.807) is 11.8 Å². The van der Waals surface area contributed by atoms with E-state index in [9.17, 15) is 4.79 Å². The summed E-state index contributed by atoms with van der Waals surface area (Å²) in [5.74, 6) is 0. The molecule has 0 fully saturated rings. The SMILES string of the molecule is O=C(Nc1ccccc1S)Nc1ccccc1Sc1ccccc1. The van der Waals surface area contributed by atoms with Gasteiger partial charge in [-0.3, -0.25) is 0 Å². The second-order valence-corrected chi connectivity index (χ2v) is 6.60. The first-order valence-corrected chi connectivity index (χ1v) is 8.67. The quantitative estimate of drug-likeness (QED) is 0.522. The lowest BCUT2D eigenvalue weighted by atomic mass is 10.3. The van der Waals surface area contributed by atoms with Gasteiger partial charge in [0.05, 0.1) is 11.4 Å². The van der Waals surface area contributed by atoms with Gasteiger partial charge in [-0.2, -0.15) is 0 Å². The molecule has 0 aliphatic carbocycles. The Kier molecular flexibility index (Phi) is 5.46. The maximum absolute atomic E-state index is 12.3. The molecular weight excluding hydrogens is 336 g/mol. The van der Waals surface area contributed by atoms with Gasteiger partial charge in [0.1, 0.15) is 0 Å². The molecule has 3 aromatic carbocycles. The van der Waals surface area contributed by atoms with Crippen molar-refractivity contribution in [2.24, 2.45) is 0 Å². The minimum Gasteiger partial charge on any atom is -0.307 e. The highest BCUT2D eigenvalue weighted by Gasteiger charge is 2.09. The molecule has 3 aromatic rings. The van der Waals surface area contributed by atoms with E-state index in [4.69, 9.17) is 0 Å². The Balaban J connectivity index is 1.73. The number of carbonyl (C=O) groups excluding carboxylic acids is 1. The number of benzene rings is 3. The molecule has 0 aliphatic heterocycles. The summed E-state index contributed by atoms with van der Waals surface area (Å²) in [6.07, 6.45) is 0. The fourth-order valence-electron chi connectivity index (χ4n) is 2.13. The third-order valence-corrected chi connectivity index (χ3v) is 4.73. The van der Waals surface area contributed by atoms with Crippen molar-refractivity contribution in [3.63, 3.8) is 0 Å². The summed E-state index contributed by atoms with van der Waals surface area (Å²) in [4.78, 5) is 15.1. The molecule has 0 radical (unpaired) electrons. The number of anilines is 2. The summed E-state index contributed by atoms with van der Waals surface area (Å²) in [6.45, 7) is 0. The fraction of sp³-hybridized carbons (Fsp3) is 0. The number of amides is 2. The van der Waals surface area contributed by atoms with Crippen molar-refractivity contribution in [3.05, 3.63) is 78.9 Å². The van der Waals surface area contributed by atoms with Crippen molar-refractivity contribution in [2.75, 3.05) is 10.6 Å². The van der Waals surface area contributed by atoms with E-state index >= 15 is 0 Å². The van der Waals surface area contributed by atoms with Gasteiger partial charge in [-0.1, -0.05) is 54.2 Å². The van der Waals surface area contributed by atoms with Crippen LogP contribution in [0.4, 0.5) is 16.2 Å². The van der Waals surface area contributed by atoms with Crippen molar-refractivity contribution in [2.45, 2.75) is 14.7 Å². The molecule has 0 unspecified atom stereocenters. The molecule has 3 nitrogen and oxygen atoms in total. The minimum absolute atomic E-state index is 0.294. The predicted octanol–water partition coefficient (Wildman–Crippen LogP) is 5.77. The van der Waals surface area contributed by atoms with Gasteiger partial charge in [0, 0.05) is 14.7 Å².